The molecule has 0 unspecified atom stereocenters. The minimum absolute atomic E-state index is 0. The number of hydrogen-bond donors (Lipinski definition) is 1. The molecule has 1 spiro atoms. The van der Waals surface area contributed by atoms with Gasteiger partial charge in [-0.15, -0.1) is 24.0 Å². The van der Waals surface area contributed by atoms with Crippen LogP contribution in [0.1, 0.15) is 44.0 Å². The zero-order chi connectivity index (χ0) is 21.1. The van der Waals surface area contributed by atoms with E-state index >= 15 is 0 Å². The van der Waals surface area contributed by atoms with Gasteiger partial charge >= 0.3 is 0 Å². The van der Waals surface area contributed by atoms with Gasteiger partial charge in [-0.3, -0.25) is 9.98 Å². The predicted molar refractivity (Wildman–Crippen MR) is 137 cm³/mol. The van der Waals surface area contributed by atoms with Crippen molar-refractivity contribution >= 4 is 35.6 Å². The molecule has 0 bridgehead atoms. The van der Waals surface area contributed by atoms with Gasteiger partial charge in [0, 0.05) is 43.4 Å². The molecule has 1 aromatic carbocycles. The number of guanidine groups is 1. The molecule has 7 nitrogen and oxygen atoms in total. The van der Waals surface area contributed by atoms with Crippen LogP contribution < -0.4 is 10.2 Å². The Bertz CT molecular complexity index is 1060. The van der Waals surface area contributed by atoms with E-state index in [1.807, 2.05) is 18.2 Å². The van der Waals surface area contributed by atoms with Gasteiger partial charge in [-0.1, -0.05) is 42.3 Å². The number of fused-ring (bicyclic) bond motifs is 2. The van der Waals surface area contributed by atoms with Crippen molar-refractivity contribution in [2.45, 2.75) is 44.4 Å². The fourth-order valence-corrected chi connectivity index (χ4v) is 4.90. The molecule has 1 aliphatic heterocycles. The third-order valence-corrected chi connectivity index (χ3v) is 6.33. The van der Waals surface area contributed by atoms with Gasteiger partial charge < -0.3 is 14.7 Å². The van der Waals surface area contributed by atoms with Gasteiger partial charge in [0.15, 0.2) is 11.8 Å². The van der Waals surface area contributed by atoms with Gasteiger partial charge in [0.1, 0.15) is 5.69 Å². The highest BCUT2D eigenvalue weighted by molar-refractivity contribution is 14.0. The molecule has 0 radical (unpaired) electrons. The average Bonchev–Trinajstić information content (AvgIpc) is 3.55. The lowest BCUT2D eigenvalue weighted by Crippen LogP contribution is -2.43. The first kappa shape index (κ1) is 22.7. The average molecular weight is 544 g/mol. The molecule has 1 fully saturated rings. The van der Waals surface area contributed by atoms with Gasteiger partial charge in [0.25, 0.3) is 5.89 Å². The number of hydrogen-bond acceptors (Lipinski definition) is 5. The summed E-state index contributed by atoms with van der Waals surface area (Å²) < 4.78 is 5.37. The minimum atomic E-state index is 0. The number of anilines is 1. The van der Waals surface area contributed by atoms with Crippen molar-refractivity contribution in [1.82, 2.24) is 20.4 Å². The Hall–Kier alpha value is -2.49. The number of aliphatic imine (C=N–C) groups is 1. The second kappa shape index (κ2) is 9.97. The topological polar surface area (TPSA) is 79.4 Å². The molecule has 0 atom stereocenters. The number of rotatable bonds is 5. The fourth-order valence-electron chi connectivity index (χ4n) is 4.90. The van der Waals surface area contributed by atoms with E-state index < -0.39 is 0 Å². The van der Waals surface area contributed by atoms with Crippen molar-refractivity contribution in [1.29, 1.82) is 0 Å². The smallest absolute Gasteiger partial charge is 0.276 e. The maximum atomic E-state index is 5.37. The summed E-state index contributed by atoms with van der Waals surface area (Å²) in [6.45, 7) is 4.54. The molecular weight excluding hydrogens is 515 g/mol. The van der Waals surface area contributed by atoms with Gasteiger partial charge in [0.05, 0.1) is 0 Å². The lowest BCUT2D eigenvalue weighted by molar-refractivity contribution is 0.421. The first-order valence-electron chi connectivity index (χ1n) is 11.2. The molecule has 8 heteroatoms. The van der Waals surface area contributed by atoms with Crippen molar-refractivity contribution < 1.29 is 4.52 Å². The largest absolute Gasteiger partial charge is 0.356 e. The van der Waals surface area contributed by atoms with Crippen LogP contribution >= 0.6 is 24.0 Å². The molecular formula is C24H29IN6O. The Balaban J connectivity index is 0.00000245. The van der Waals surface area contributed by atoms with E-state index in [1.54, 1.807) is 6.20 Å². The highest BCUT2D eigenvalue weighted by Gasteiger charge is 2.45. The number of para-hydroxylation sites is 1. The highest BCUT2D eigenvalue weighted by Crippen LogP contribution is 2.50. The van der Waals surface area contributed by atoms with Crippen LogP contribution in [0.25, 0.3) is 11.6 Å². The molecule has 1 saturated carbocycles. The summed E-state index contributed by atoms with van der Waals surface area (Å²) >= 11 is 0. The SMILES string of the molecule is CCNC(=NCCc1noc(-c2ccccn2)n1)N1CC2(CCCC2)c2ccccc21.I. The van der Waals surface area contributed by atoms with Gasteiger partial charge in [0.2, 0.25) is 0 Å². The maximum Gasteiger partial charge on any atom is 0.276 e. The number of nitrogens with one attached hydrogen (secondary N) is 1. The van der Waals surface area contributed by atoms with E-state index in [4.69, 9.17) is 9.52 Å². The summed E-state index contributed by atoms with van der Waals surface area (Å²) in [6.07, 6.45) is 7.49. The van der Waals surface area contributed by atoms with E-state index in [9.17, 15) is 0 Å². The normalized spacial score (nSPS) is 16.8. The van der Waals surface area contributed by atoms with E-state index in [2.05, 4.69) is 56.5 Å². The van der Waals surface area contributed by atoms with Crippen LogP contribution in [-0.4, -0.2) is 40.7 Å². The molecule has 2 aromatic heterocycles. The molecule has 1 N–H and O–H groups in total. The predicted octanol–water partition coefficient (Wildman–Crippen LogP) is 4.59. The Kier molecular flexibility index (Phi) is 7.07. The quantitative estimate of drug-likeness (QED) is 0.288. The van der Waals surface area contributed by atoms with Crippen molar-refractivity contribution in [3.8, 4) is 11.6 Å². The summed E-state index contributed by atoms with van der Waals surface area (Å²) in [7, 11) is 0. The molecule has 32 heavy (non-hydrogen) atoms. The number of halogens is 1. The summed E-state index contributed by atoms with van der Waals surface area (Å²) in [6, 6.07) is 14.5. The molecule has 1 aliphatic carbocycles. The molecule has 2 aliphatic rings. The van der Waals surface area contributed by atoms with Gasteiger partial charge in [-0.2, -0.15) is 4.98 Å². The minimum Gasteiger partial charge on any atom is -0.356 e. The summed E-state index contributed by atoms with van der Waals surface area (Å²) in [5, 5.41) is 7.59. The van der Waals surface area contributed by atoms with E-state index in [0.29, 0.717) is 30.4 Å². The second-order valence-electron chi connectivity index (χ2n) is 8.31. The second-order valence-corrected chi connectivity index (χ2v) is 8.31. The molecule has 0 amide bonds. The summed E-state index contributed by atoms with van der Waals surface area (Å²) in [4.78, 5) is 16.0. The number of nitrogens with zero attached hydrogens (tertiary/aromatic N) is 5. The molecule has 5 rings (SSSR count). The summed E-state index contributed by atoms with van der Waals surface area (Å²) in [5.41, 5.74) is 3.74. The lowest BCUT2D eigenvalue weighted by Gasteiger charge is -2.26. The number of aromatic nitrogens is 3. The number of pyridine rings is 1. The van der Waals surface area contributed by atoms with Crippen LogP contribution in [0, 0.1) is 0 Å². The zero-order valence-electron chi connectivity index (χ0n) is 18.3. The molecule has 168 valence electrons. The summed E-state index contributed by atoms with van der Waals surface area (Å²) in [5.74, 6) is 2.03. The van der Waals surface area contributed by atoms with E-state index in [-0.39, 0.29) is 29.4 Å². The Morgan fingerprint density at radius 1 is 1.16 bits per heavy atom. The Morgan fingerprint density at radius 3 is 2.75 bits per heavy atom. The van der Waals surface area contributed by atoms with Crippen LogP contribution in [0.2, 0.25) is 0 Å². The third-order valence-electron chi connectivity index (χ3n) is 6.33. The van der Waals surface area contributed by atoms with Crippen LogP contribution in [0.3, 0.4) is 0 Å². The van der Waals surface area contributed by atoms with E-state index in [0.717, 1.165) is 19.0 Å². The highest BCUT2D eigenvalue weighted by atomic mass is 127. The standard InChI is InChI=1S/C24H28N6O.HI/c1-2-25-23(27-16-12-21-28-22(31-29-21)19-10-5-8-15-26-19)30-17-24(13-6-7-14-24)18-9-3-4-11-20(18)30;/h3-5,8-11,15H,2,6-7,12-14,16-17H2,1H3,(H,25,27);1H. The first-order valence-corrected chi connectivity index (χ1v) is 11.2. The van der Waals surface area contributed by atoms with Crippen molar-refractivity contribution in [2.75, 3.05) is 24.5 Å². The van der Waals surface area contributed by atoms with Crippen molar-refractivity contribution in [2.24, 2.45) is 4.99 Å². The van der Waals surface area contributed by atoms with E-state index in [1.165, 1.54) is 36.9 Å². The zero-order valence-corrected chi connectivity index (χ0v) is 20.7. The molecule has 3 aromatic rings. The monoisotopic (exact) mass is 544 g/mol. The molecule has 3 heterocycles. The van der Waals surface area contributed by atoms with Gasteiger partial charge in [-0.25, -0.2) is 0 Å². The molecule has 0 saturated heterocycles. The van der Waals surface area contributed by atoms with Crippen LogP contribution in [0.4, 0.5) is 5.69 Å². The van der Waals surface area contributed by atoms with Crippen molar-refractivity contribution in [3.63, 3.8) is 0 Å². The lowest BCUT2D eigenvalue weighted by atomic mass is 9.81. The number of benzene rings is 1. The van der Waals surface area contributed by atoms with Crippen LogP contribution in [-0.2, 0) is 11.8 Å². The Morgan fingerprint density at radius 2 is 1.97 bits per heavy atom. The van der Waals surface area contributed by atoms with Gasteiger partial charge in [-0.05, 0) is 43.5 Å². The van der Waals surface area contributed by atoms with Crippen molar-refractivity contribution in [3.05, 3.63) is 60.0 Å². The first-order chi connectivity index (χ1) is 15.3. The van der Waals surface area contributed by atoms with Crippen LogP contribution in [0.5, 0.6) is 0 Å². The third kappa shape index (κ3) is 4.37. The maximum absolute atomic E-state index is 5.37. The fraction of sp³-hybridized carbons (Fsp3) is 0.417. The van der Waals surface area contributed by atoms with Crippen LogP contribution in [0.15, 0.2) is 58.2 Å². The Labute approximate surface area is 205 Å².